The first-order valence-electron chi connectivity index (χ1n) is 8.72. The number of hydrogen-bond acceptors (Lipinski definition) is 5. The highest BCUT2D eigenvalue weighted by Crippen LogP contribution is 2.20. The van der Waals surface area contributed by atoms with E-state index in [1.165, 1.54) is 0 Å². The summed E-state index contributed by atoms with van der Waals surface area (Å²) in [5.74, 6) is -0.0458. The van der Waals surface area contributed by atoms with Gasteiger partial charge in [-0.3, -0.25) is 14.6 Å². The fourth-order valence-electron chi connectivity index (χ4n) is 2.57. The number of rotatable bonds is 6. The minimum Gasteiger partial charge on any atom is -0.325 e. The van der Waals surface area contributed by atoms with Crippen LogP contribution in [0.25, 0.3) is 12.2 Å². The molecule has 2 aromatic carbocycles. The fourth-order valence-corrected chi connectivity index (χ4v) is 3.17. The van der Waals surface area contributed by atoms with E-state index in [1.807, 2.05) is 62.4 Å². The molecule has 0 unspecified atom stereocenters. The SMILES string of the molecule is Cc1cccc(C)c1NC(=O)CSc1nnc(/C=C/c2ccccc2)c(=O)[nH]1. The Bertz CT molecular complexity index is 1040. The molecule has 1 aromatic heterocycles. The number of para-hydroxylation sites is 1. The largest absolute Gasteiger partial charge is 0.325 e. The standard InChI is InChI=1S/C21H20N4O2S/c1-14-7-6-8-15(2)19(14)22-18(26)13-28-21-23-20(27)17(24-25-21)12-11-16-9-4-3-5-10-16/h3-12H,13H2,1-2H3,(H,22,26)(H,23,25,27)/b12-11+. The Morgan fingerprint density at radius 1 is 1.04 bits per heavy atom. The molecule has 6 nitrogen and oxygen atoms in total. The number of nitrogens with one attached hydrogen (secondary N) is 2. The van der Waals surface area contributed by atoms with Gasteiger partial charge >= 0.3 is 0 Å². The lowest BCUT2D eigenvalue weighted by Gasteiger charge is -2.10. The van der Waals surface area contributed by atoms with Crippen molar-refractivity contribution in [2.75, 3.05) is 11.1 Å². The molecule has 0 fully saturated rings. The average molecular weight is 392 g/mol. The highest BCUT2D eigenvalue weighted by molar-refractivity contribution is 7.99. The lowest BCUT2D eigenvalue weighted by atomic mass is 10.1. The first-order valence-corrected chi connectivity index (χ1v) is 9.70. The van der Waals surface area contributed by atoms with Crippen LogP contribution in [0.1, 0.15) is 22.4 Å². The van der Waals surface area contributed by atoms with Gasteiger partial charge in [0.15, 0.2) is 10.9 Å². The van der Waals surface area contributed by atoms with E-state index in [1.54, 1.807) is 12.2 Å². The first kappa shape index (κ1) is 19.6. The van der Waals surface area contributed by atoms with Gasteiger partial charge in [0.05, 0.1) is 5.75 Å². The minimum absolute atomic E-state index is 0.123. The molecule has 0 radical (unpaired) electrons. The summed E-state index contributed by atoms with van der Waals surface area (Å²) in [5.41, 5.74) is 3.65. The molecule has 0 spiro atoms. The van der Waals surface area contributed by atoms with Gasteiger partial charge in [-0.05, 0) is 36.6 Å². The van der Waals surface area contributed by atoms with E-state index in [2.05, 4.69) is 20.5 Å². The monoisotopic (exact) mass is 392 g/mol. The van der Waals surface area contributed by atoms with E-state index in [-0.39, 0.29) is 22.9 Å². The van der Waals surface area contributed by atoms with Crippen LogP contribution in [0.2, 0.25) is 0 Å². The summed E-state index contributed by atoms with van der Waals surface area (Å²) < 4.78 is 0. The summed E-state index contributed by atoms with van der Waals surface area (Å²) in [6.07, 6.45) is 3.41. The van der Waals surface area contributed by atoms with Crippen LogP contribution in [0.3, 0.4) is 0 Å². The van der Waals surface area contributed by atoms with Crippen LogP contribution in [0.4, 0.5) is 5.69 Å². The number of carbonyl (C=O) groups excluding carboxylic acids is 1. The minimum atomic E-state index is -0.347. The van der Waals surface area contributed by atoms with Crippen molar-refractivity contribution in [1.29, 1.82) is 0 Å². The van der Waals surface area contributed by atoms with E-state index in [0.717, 1.165) is 34.1 Å². The summed E-state index contributed by atoms with van der Waals surface area (Å²) in [7, 11) is 0. The van der Waals surface area contributed by atoms with Crippen molar-refractivity contribution >= 4 is 35.5 Å². The lowest BCUT2D eigenvalue weighted by Crippen LogP contribution is -2.18. The molecule has 0 aliphatic heterocycles. The van der Waals surface area contributed by atoms with Gasteiger partial charge in [-0.1, -0.05) is 66.4 Å². The Morgan fingerprint density at radius 3 is 2.43 bits per heavy atom. The zero-order valence-corrected chi connectivity index (χ0v) is 16.4. The van der Waals surface area contributed by atoms with E-state index in [9.17, 15) is 9.59 Å². The normalized spacial score (nSPS) is 10.9. The van der Waals surface area contributed by atoms with Crippen molar-refractivity contribution in [2.45, 2.75) is 19.0 Å². The quantitative estimate of drug-likeness (QED) is 0.625. The number of carbonyl (C=O) groups is 1. The number of aryl methyl sites for hydroxylation is 2. The molecule has 7 heteroatoms. The van der Waals surface area contributed by atoms with E-state index >= 15 is 0 Å². The zero-order valence-electron chi connectivity index (χ0n) is 15.6. The Hall–Kier alpha value is -3.19. The Labute approximate surface area is 167 Å². The number of aromatic nitrogens is 3. The molecule has 0 saturated carbocycles. The maximum atomic E-state index is 12.2. The predicted octanol–water partition coefficient (Wildman–Crippen LogP) is 3.68. The molecule has 2 N–H and O–H groups in total. The molecule has 0 atom stereocenters. The van der Waals surface area contributed by atoms with Crippen LogP contribution in [0, 0.1) is 13.8 Å². The topological polar surface area (TPSA) is 87.7 Å². The molecule has 3 rings (SSSR count). The van der Waals surface area contributed by atoms with Crippen LogP contribution in [-0.2, 0) is 4.79 Å². The smallest absolute Gasteiger partial charge is 0.277 e. The summed E-state index contributed by atoms with van der Waals surface area (Å²) in [5, 5.41) is 11.1. The van der Waals surface area contributed by atoms with Gasteiger partial charge < -0.3 is 5.32 Å². The van der Waals surface area contributed by atoms with Crippen LogP contribution in [0.5, 0.6) is 0 Å². The molecule has 3 aromatic rings. The zero-order chi connectivity index (χ0) is 19.9. The molecule has 142 valence electrons. The second-order valence-electron chi connectivity index (χ2n) is 6.19. The maximum Gasteiger partial charge on any atom is 0.277 e. The highest BCUT2D eigenvalue weighted by Gasteiger charge is 2.10. The van der Waals surface area contributed by atoms with Crippen molar-refractivity contribution in [3.63, 3.8) is 0 Å². The highest BCUT2D eigenvalue weighted by atomic mass is 32.2. The third-order valence-electron chi connectivity index (χ3n) is 4.02. The number of benzene rings is 2. The molecule has 1 heterocycles. The number of hydrogen-bond donors (Lipinski definition) is 2. The molecule has 0 aliphatic rings. The van der Waals surface area contributed by atoms with Crippen molar-refractivity contribution < 1.29 is 4.79 Å². The summed E-state index contributed by atoms with van der Waals surface area (Å²) in [4.78, 5) is 27.0. The van der Waals surface area contributed by atoms with Crippen LogP contribution in [0.15, 0.2) is 58.5 Å². The number of thioether (sulfide) groups is 1. The molecular formula is C21H20N4O2S. The molecule has 28 heavy (non-hydrogen) atoms. The molecule has 0 aliphatic carbocycles. The maximum absolute atomic E-state index is 12.2. The summed E-state index contributed by atoms with van der Waals surface area (Å²) in [6.45, 7) is 3.89. The summed E-state index contributed by atoms with van der Waals surface area (Å²) in [6, 6.07) is 15.4. The number of amides is 1. The Morgan fingerprint density at radius 2 is 1.75 bits per heavy atom. The van der Waals surface area contributed by atoms with Gasteiger partial charge in [-0.2, -0.15) is 0 Å². The Kier molecular flexibility index (Phi) is 6.39. The van der Waals surface area contributed by atoms with Crippen molar-refractivity contribution in [3.05, 3.63) is 81.3 Å². The van der Waals surface area contributed by atoms with Gasteiger partial charge in [0.2, 0.25) is 5.91 Å². The third-order valence-corrected chi connectivity index (χ3v) is 4.88. The van der Waals surface area contributed by atoms with Crippen molar-refractivity contribution in [3.8, 4) is 0 Å². The van der Waals surface area contributed by atoms with Crippen molar-refractivity contribution in [1.82, 2.24) is 15.2 Å². The van der Waals surface area contributed by atoms with E-state index in [0.29, 0.717) is 5.16 Å². The molecule has 0 bridgehead atoms. The third kappa shape index (κ3) is 5.17. The number of anilines is 1. The molecular weight excluding hydrogens is 372 g/mol. The second kappa shape index (κ2) is 9.14. The fraction of sp³-hybridized carbons (Fsp3) is 0.143. The second-order valence-corrected chi connectivity index (χ2v) is 7.16. The number of H-pyrrole nitrogens is 1. The van der Waals surface area contributed by atoms with Gasteiger partial charge in [0, 0.05) is 5.69 Å². The lowest BCUT2D eigenvalue weighted by molar-refractivity contribution is -0.113. The Balaban J connectivity index is 1.61. The predicted molar refractivity (Wildman–Crippen MR) is 113 cm³/mol. The summed E-state index contributed by atoms with van der Waals surface area (Å²) >= 11 is 1.13. The van der Waals surface area contributed by atoms with Crippen LogP contribution < -0.4 is 10.9 Å². The van der Waals surface area contributed by atoms with Crippen LogP contribution >= 0.6 is 11.8 Å². The molecule has 1 amide bonds. The van der Waals surface area contributed by atoms with Crippen molar-refractivity contribution in [2.24, 2.45) is 0 Å². The first-order chi connectivity index (χ1) is 13.5. The van der Waals surface area contributed by atoms with E-state index < -0.39 is 0 Å². The van der Waals surface area contributed by atoms with Gasteiger partial charge in [-0.25, -0.2) is 0 Å². The van der Waals surface area contributed by atoms with E-state index in [4.69, 9.17) is 0 Å². The van der Waals surface area contributed by atoms with Gasteiger partial charge in [0.1, 0.15) is 0 Å². The number of nitrogens with zero attached hydrogens (tertiary/aromatic N) is 2. The average Bonchev–Trinajstić information content (AvgIpc) is 2.69. The van der Waals surface area contributed by atoms with Crippen LogP contribution in [-0.4, -0.2) is 26.8 Å². The molecule has 0 saturated heterocycles. The van der Waals surface area contributed by atoms with Gasteiger partial charge in [-0.15, -0.1) is 10.2 Å². The van der Waals surface area contributed by atoms with Gasteiger partial charge in [0.25, 0.3) is 5.56 Å². The number of aromatic amines is 1.